The molecule has 7 heteroatoms. The highest BCUT2D eigenvalue weighted by Gasteiger charge is 2.52. The summed E-state index contributed by atoms with van der Waals surface area (Å²) in [4.78, 5) is 0. The van der Waals surface area contributed by atoms with Gasteiger partial charge in [0.25, 0.3) is 0 Å². The van der Waals surface area contributed by atoms with Crippen LogP contribution in [0.2, 0.25) is 0 Å². The van der Waals surface area contributed by atoms with Gasteiger partial charge in [-0.15, -0.1) is 0 Å². The Balaban J connectivity index is 2.85. The first-order valence-corrected chi connectivity index (χ1v) is 4.04. The van der Waals surface area contributed by atoms with E-state index in [1.807, 2.05) is 0 Å². The summed E-state index contributed by atoms with van der Waals surface area (Å²) in [5.41, 5.74) is -1.08. The van der Waals surface area contributed by atoms with Crippen LogP contribution in [0.15, 0.2) is 0 Å². The summed E-state index contributed by atoms with van der Waals surface area (Å²) < 4.78 is 5.08. The first-order valence-electron chi connectivity index (χ1n) is 4.04. The fourth-order valence-corrected chi connectivity index (χ4v) is 1.38. The van der Waals surface area contributed by atoms with Crippen molar-refractivity contribution >= 4 is 23.5 Å². The van der Waals surface area contributed by atoms with Crippen molar-refractivity contribution in [2.24, 2.45) is 0 Å². The van der Waals surface area contributed by atoms with Crippen LogP contribution in [-0.4, -0.2) is 62.2 Å². The first-order chi connectivity index (χ1) is 5.27. The lowest BCUT2D eigenvalue weighted by Gasteiger charge is -2.39. The van der Waals surface area contributed by atoms with Gasteiger partial charge in [0.15, 0.2) is 6.29 Å². The second kappa shape index (κ2) is 2.77. The molecule has 0 unspecified atom stereocenters. The molecule has 0 spiro atoms. The monoisotopic (exact) mass is 170 g/mol. The van der Waals surface area contributed by atoms with Crippen molar-refractivity contribution in [1.29, 1.82) is 0 Å². The highest BCUT2D eigenvalue weighted by Crippen LogP contribution is 2.32. The largest absolute Gasteiger partial charge is 0.405 e. The fourth-order valence-electron chi connectivity index (χ4n) is 1.38. The third-order valence-corrected chi connectivity index (χ3v) is 2.66. The molecular weight excluding hydrogens is 156 g/mol. The Morgan fingerprint density at radius 2 is 1.92 bits per heavy atom. The van der Waals surface area contributed by atoms with E-state index < -0.39 is 23.3 Å². The van der Waals surface area contributed by atoms with Gasteiger partial charge in [-0.3, -0.25) is 0 Å². The third-order valence-electron chi connectivity index (χ3n) is 2.66. The van der Waals surface area contributed by atoms with Crippen LogP contribution in [0, 0.1) is 0 Å². The number of hydrogen-bond acceptors (Lipinski definition) is 4. The van der Waals surface area contributed by atoms with Gasteiger partial charge in [0.05, 0.1) is 11.6 Å². The standard InChI is InChI=1S/C5H13B3O4/c6-4(5(7,8)11)2(9)1-3(10)12-4/h2-3,9-11H,1,6-8H2/t2-,3-,4+/m1/s1. The quantitative estimate of drug-likeness (QED) is 0.345. The molecule has 1 fully saturated rings. The molecule has 3 atom stereocenters. The lowest BCUT2D eigenvalue weighted by atomic mass is 9.48. The van der Waals surface area contributed by atoms with E-state index in [-0.39, 0.29) is 6.42 Å². The second-order valence-electron chi connectivity index (χ2n) is 3.99. The molecule has 3 N–H and O–H groups in total. The molecule has 0 amide bonds. The molecule has 0 bridgehead atoms. The van der Waals surface area contributed by atoms with E-state index in [0.717, 1.165) is 0 Å². The van der Waals surface area contributed by atoms with Crippen LogP contribution in [-0.2, 0) is 4.74 Å². The van der Waals surface area contributed by atoms with Crippen molar-refractivity contribution in [2.45, 2.75) is 29.7 Å². The van der Waals surface area contributed by atoms with Crippen molar-refractivity contribution in [3.05, 3.63) is 0 Å². The van der Waals surface area contributed by atoms with Crippen molar-refractivity contribution in [3.63, 3.8) is 0 Å². The van der Waals surface area contributed by atoms with E-state index in [1.165, 1.54) is 0 Å². The molecular formula is C5H13B3O4. The molecule has 0 radical (unpaired) electrons. The number of aliphatic hydroxyl groups is 3. The molecule has 1 saturated heterocycles. The lowest BCUT2D eigenvalue weighted by molar-refractivity contribution is -0.145. The van der Waals surface area contributed by atoms with Crippen molar-refractivity contribution in [1.82, 2.24) is 0 Å². The number of rotatable bonds is 1. The van der Waals surface area contributed by atoms with Gasteiger partial charge in [-0.05, 0) is 0 Å². The minimum atomic E-state index is -1.16. The molecule has 0 aromatic carbocycles. The van der Waals surface area contributed by atoms with Crippen LogP contribution >= 0.6 is 0 Å². The van der Waals surface area contributed by atoms with E-state index in [0.29, 0.717) is 0 Å². The number of aliphatic hydroxyl groups excluding tert-OH is 2. The SMILES string of the molecule is BC(B)(O)[C@@]1(B)O[C@@H](O)C[C@H]1O. The van der Waals surface area contributed by atoms with Gasteiger partial charge in [-0.25, -0.2) is 0 Å². The van der Waals surface area contributed by atoms with Crippen LogP contribution in [0.25, 0.3) is 0 Å². The summed E-state index contributed by atoms with van der Waals surface area (Å²) in [6.07, 6.45) is -1.65. The topological polar surface area (TPSA) is 69.9 Å². The number of ether oxygens (including phenoxy) is 1. The van der Waals surface area contributed by atoms with Gasteiger partial charge < -0.3 is 20.1 Å². The van der Waals surface area contributed by atoms with Gasteiger partial charge in [0.1, 0.15) is 23.5 Å². The molecule has 0 saturated carbocycles. The summed E-state index contributed by atoms with van der Waals surface area (Å²) in [6.45, 7) is 0. The molecule has 1 aliphatic heterocycles. The molecule has 1 aliphatic rings. The van der Waals surface area contributed by atoms with E-state index in [9.17, 15) is 10.2 Å². The normalized spacial score (nSPS) is 43.2. The van der Waals surface area contributed by atoms with Gasteiger partial charge in [-0.2, -0.15) is 0 Å². The molecule has 66 valence electrons. The molecule has 4 nitrogen and oxygen atoms in total. The maximum absolute atomic E-state index is 9.67. The minimum absolute atomic E-state index is 0.153. The van der Waals surface area contributed by atoms with Crippen LogP contribution in [0.1, 0.15) is 6.42 Å². The number of hydrogen-bond donors (Lipinski definition) is 3. The Bertz CT molecular complexity index is 182. The highest BCUT2D eigenvalue weighted by atomic mass is 16.6. The highest BCUT2D eigenvalue weighted by molar-refractivity contribution is 6.44. The fraction of sp³-hybridized carbons (Fsp3) is 1.00. The van der Waals surface area contributed by atoms with Crippen LogP contribution in [0.5, 0.6) is 0 Å². The maximum Gasteiger partial charge on any atom is 0.156 e. The zero-order valence-corrected chi connectivity index (χ0v) is 7.61. The van der Waals surface area contributed by atoms with Crippen molar-refractivity contribution < 1.29 is 20.1 Å². The van der Waals surface area contributed by atoms with E-state index in [2.05, 4.69) is 0 Å². The van der Waals surface area contributed by atoms with Crippen molar-refractivity contribution in [2.75, 3.05) is 0 Å². The molecule has 1 heterocycles. The second-order valence-corrected chi connectivity index (χ2v) is 3.99. The zero-order valence-electron chi connectivity index (χ0n) is 7.61. The zero-order chi connectivity index (χ0) is 9.57. The predicted octanol–water partition coefficient (Wildman–Crippen LogP) is -4.67. The Morgan fingerprint density at radius 1 is 1.42 bits per heavy atom. The molecule has 1 rings (SSSR count). The minimum Gasteiger partial charge on any atom is -0.405 e. The first kappa shape index (κ1) is 10.1. The van der Waals surface area contributed by atoms with Gasteiger partial charge in [0.2, 0.25) is 0 Å². The smallest absolute Gasteiger partial charge is 0.156 e. The molecule has 12 heavy (non-hydrogen) atoms. The van der Waals surface area contributed by atoms with Crippen LogP contribution in [0.4, 0.5) is 0 Å². The average molecular weight is 170 g/mol. The summed E-state index contributed by atoms with van der Waals surface area (Å²) in [7, 11) is 4.69. The van der Waals surface area contributed by atoms with Gasteiger partial charge >= 0.3 is 0 Å². The summed E-state index contributed by atoms with van der Waals surface area (Å²) >= 11 is 0. The Labute approximate surface area is 74.1 Å². The third kappa shape index (κ3) is 1.42. The van der Waals surface area contributed by atoms with E-state index in [1.54, 1.807) is 23.5 Å². The average Bonchev–Trinajstić information content (AvgIpc) is 2.06. The van der Waals surface area contributed by atoms with E-state index >= 15 is 0 Å². The van der Waals surface area contributed by atoms with Gasteiger partial charge in [0, 0.05) is 11.8 Å². The maximum atomic E-state index is 9.67. The molecule has 0 aromatic heterocycles. The predicted molar refractivity (Wildman–Crippen MR) is 51.0 cm³/mol. The van der Waals surface area contributed by atoms with E-state index in [4.69, 9.17) is 9.84 Å². The Kier molecular flexibility index (Phi) is 2.33. The van der Waals surface area contributed by atoms with Crippen molar-refractivity contribution in [3.8, 4) is 0 Å². The van der Waals surface area contributed by atoms with Gasteiger partial charge in [-0.1, -0.05) is 0 Å². The molecule has 0 aliphatic carbocycles. The van der Waals surface area contributed by atoms with Crippen LogP contribution in [0.3, 0.4) is 0 Å². The Hall–Kier alpha value is 0.0348. The summed E-state index contributed by atoms with van der Waals surface area (Å²) in [5.74, 6) is 0. The van der Waals surface area contributed by atoms with Crippen LogP contribution < -0.4 is 0 Å². The summed E-state index contributed by atoms with van der Waals surface area (Å²) in [5, 5.41) is 27.1. The summed E-state index contributed by atoms with van der Waals surface area (Å²) in [6, 6.07) is 0. The lowest BCUT2D eigenvalue weighted by Crippen LogP contribution is -2.61. The Morgan fingerprint density at radius 3 is 2.08 bits per heavy atom. The molecule has 0 aromatic rings.